The molecule has 0 aliphatic carbocycles. The van der Waals surface area contributed by atoms with Gasteiger partial charge in [-0.05, 0) is 36.0 Å². The standard InChI is InChI=1S/C16H15N3O4S2/c1-2-10-7-8-11(23-10)9-13-15(20)18-16(24-13)19-25(21,22)14-6-4-3-5-12(14)17/h3-9H,2,17H2,1H3,(H,18,19,20)/b13-9-. The molecule has 0 radical (unpaired) electrons. The van der Waals surface area contributed by atoms with Gasteiger partial charge in [-0.3, -0.25) is 10.1 Å². The number of furan rings is 1. The Morgan fingerprint density at radius 2 is 2.04 bits per heavy atom. The molecule has 0 atom stereocenters. The number of sulfonamides is 1. The van der Waals surface area contributed by atoms with Gasteiger partial charge in [0.1, 0.15) is 16.4 Å². The highest BCUT2D eigenvalue weighted by Crippen LogP contribution is 2.29. The number of nitrogens with one attached hydrogen (secondary N) is 1. The fourth-order valence-corrected chi connectivity index (χ4v) is 4.23. The van der Waals surface area contributed by atoms with Crippen LogP contribution in [0.3, 0.4) is 0 Å². The van der Waals surface area contributed by atoms with Crippen LogP contribution in [0, 0.1) is 0 Å². The number of para-hydroxylation sites is 1. The van der Waals surface area contributed by atoms with Crippen LogP contribution in [0.15, 0.2) is 55.0 Å². The quantitative estimate of drug-likeness (QED) is 0.624. The van der Waals surface area contributed by atoms with Crippen molar-refractivity contribution in [3.63, 3.8) is 0 Å². The lowest BCUT2D eigenvalue weighted by molar-refractivity contribution is -0.115. The lowest BCUT2D eigenvalue weighted by atomic mass is 10.3. The van der Waals surface area contributed by atoms with Crippen molar-refractivity contribution < 1.29 is 17.6 Å². The molecule has 25 heavy (non-hydrogen) atoms. The molecule has 1 saturated heterocycles. The van der Waals surface area contributed by atoms with Crippen molar-refractivity contribution in [2.24, 2.45) is 4.40 Å². The number of nitrogens with two attached hydrogens (primary N) is 1. The molecule has 1 fully saturated rings. The van der Waals surface area contributed by atoms with E-state index in [1.807, 2.05) is 13.0 Å². The monoisotopic (exact) mass is 377 g/mol. The first-order valence-corrected chi connectivity index (χ1v) is 9.64. The molecule has 1 aromatic heterocycles. The maximum atomic E-state index is 12.4. The first-order valence-electron chi connectivity index (χ1n) is 7.38. The SMILES string of the molecule is CCc1ccc(/C=C2\S/C(=N\S(=O)(=O)c3ccccc3N)NC2=O)o1. The molecular formula is C16H15N3O4S2. The molecule has 3 rings (SSSR count). The smallest absolute Gasteiger partial charge is 0.286 e. The van der Waals surface area contributed by atoms with E-state index in [-0.39, 0.29) is 15.8 Å². The third-order valence-corrected chi connectivity index (χ3v) is 5.73. The summed E-state index contributed by atoms with van der Waals surface area (Å²) in [6.45, 7) is 1.96. The summed E-state index contributed by atoms with van der Waals surface area (Å²) in [6.07, 6.45) is 2.29. The lowest BCUT2D eigenvalue weighted by Gasteiger charge is -2.02. The zero-order chi connectivity index (χ0) is 18.0. The molecule has 9 heteroatoms. The van der Waals surface area contributed by atoms with Gasteiger partial charge in [-0.2, -0.15) is 8.42 Å². The van der Waals surface area contributed by atoms with Gasteiger partial charge in [0, 0.05) is 12.5 Å². The van der Waals surface area contributed by atoms with Crippen LogP contribution in [0.4, 0.5) is 5.69 Å². The largest absolute Gasteiger partial charge is 0.462 e. The van der Waals surface area contributed by atoms with Gasteiger partial charge in [0.15, 0.2) is 5.17 Å². The Morgan fingerprint density at radius 3 is 2.72 bits per heavy atom. The number of nitrogen functional groups attached to an aromatic ring is 1. The summed E-state index contributed by atoms with van der Waals surface area (Å²) < 4.78 is 33.9. The second-order valence-corrected chi connectivity index (χ2v) is 7.73. The molecule has 0 saturated carbocycles. The van der Waals surface area contributed by atoms with Gasteiger partial charge in [0.2, 0.25) is 0 Å². The molecule has 130 valence electrons. The van der Waals surface area contributed by atoms with Gasteiger partial charge in [-0.1, -0.05) is 19.1 Å². The van der Waals surface area contributed by atoms with Crippen LogP contribution in [0.2, 0.25) is 0 Å². The van der Waals surface area contributed by atoms with Crippen LogP contribution < -0.4 is 11.1 Å². The van der Waals surface area contributed by atoms with Gasteiger partial charge in [-0.15, -0.1) is 4.40 Å². The van der Waals surface area contributed by atoms with Crippen molar-refractivity contribution >= 4 is 44.6 Å². The minimum atomic E-state index is -4.02. The summed E-state index contributed by atoms with van der Waals surface area (Å²) in [5, 5.41) is 2.41. The molecule has 7 nitrogen and oxygen atoms in total. The number of anilines is 1. The van der Waals surface area contributed by atoms with E-state index in [1.54, 1.807) is 24.3 Å². The minimum Gasteiger partial charge on any atom is -0.462 e. The first-order chi connectivity index (χ1) is 11.9. The molecule has 1 aliphatic heterocycles. The second kappa shape index (κ2) is 6.77. The highest BCUT2D eigenvalue weighted by molar-refractivity contribution is 8.19. The number of rotatable bonds is 4. The molecule has 0 unspecified atom stereocenters. The summed E-state index contributed by atoms with van der Waals surface area (Å²) in [5.41, 5.74) is 5.78. The van der Waals surface area contributed by atoms with Crippen LogP contribution in [0.25, 0.3) is 6.08 Å². The minimum absolute atomic E-state index is 0.0261. The van der Waals surface area contributed by atoms with Crippen LogP contribution in [-0.2, 0) is 21.2 Å². The van der Waals surface area contributed by atoms with Gasteiger partial charge in [0.05, 0.1) is 10.6 Å². The fraction of sp³-hybridized carbons (Fsp3) is 0.125. The van der Waals surface area contributed by atoms with Crippen molar-refractivity contribution in [2.75, 3.05) is 5.73 Å². The van der Waals surface area contributed by atoms with Crippen molar-refractivity contribution in [3.8, 4) is 0 Å². The van der Waals surface area contributed by atoms with E-state index in [9.17, 15) is 13.2 Å². The molecule has 1 aromatic carbocycles. The number of nitrogens with zero attached hydrogens (tertiary/aromatic N) is 1. The molecule has 2 heterocycles. The zero-order valence-corrected chi connectivity index (χ0v) is 14.9. The molecule has 2 aromatic rings. The number of benzene rings is 1. The summed E-state index contributed by atoms with van der Waals surface area (Å²) in [4.78, 5) is 12.2. The summed E-state index contributed by atoms with van der Waals surface area (Å²) in [5.74, 6) is 0.881. The van der Waals surface area contributed by atoms with E-state index in [0.29, 0.717) is 10.7 Å². The predicted molar refractivity (Wildman–Crippen MR) is 97.3 cm³/mol. The third-order valence-electron chi connectivity index (χ3n) is 3.36. The normalized spacial score (nSPS) is 18.0. The maximum absolute atomic E-state index is 12.4. The van der Waals surface area contributed by atoms with Crippen molar-refractivity contribution in [1.29, 1.82) is 0 Å². The van der Waals surface area contributed by atoms with E-state index < -0.39 is 15.9 Å². The van der Waals surface area contributed by atoms with Crippen molar-refractivity contribution in [3.05, 3.63) is 52.8 Å². The third kappa shape index (κ3) is 3.77. The predicted octanol–water partition coefficient (Wildman–Crippen LogP) is 2.37. The zero-order valence-electron chi connectivity index (χ0n) is 13.2. The Bertz CT molecular complexity index is 990. The molecule has 3 N–H and O–H groups in total. The van der Waals surface area contributed by atoms with E-state index in [0.717, 1.165) is 23.9 Å². The summed E-state index contributed by atoms with van der Waals surface area (Å²) in [7, 11) is -4.02. The fourth-order valence-electron chi connectivity index (χ4n) is 2.14. The Balaban J connectivity index is 1.87. The Labute approximate surface area is 149 Å². The second-order valence-electron chi connectivity index (χ2n) is 5.13. The maximum Gasteiger partial charge on any atom is 0.286 e. The number of hydrogen-bond acceptors (Lipinski definition) is 6. The first kappa shape index (κ1) is 17.3. The van der Waals surface area contributed by atoms with Gasteiger partial charge in [-0.25, -0.2) is 0 Å². The molecule has 1 amide bonds. The van der Waals surface area contributed by atoms with Crippen LogP contribution in [0.1, 0.15) is 18.4 Å². The number of carbonyl (C=O) groups is 1. The number of carbonyl (C=O) groups excluding carboxylic acids is 1. The Morgan fingerprint density at radius 1 is 1.28 bits per heavy atom. The van der Waals surface area contributed by atoms with Gasteiger partial charge in [0.25, 0.3) is 15.9 Å². The number of amidine groups is 1. The average molecular weight is 377 g/mol. The lowest BCUT2D eigenvalue weighted by Crippen LogP contribution is -2.21. The van der Waals surface area contributed by atoms with Gasteiger partial charge >= 0.3 is 0 Å². The topological polar surface area (TPSA) is 115 Å². The van der Waals surface area contributed by atoms with E-state index in [1.165, 1.54) is 12.1 Å². The average Bonchev–Trinajstić information content (AvgIpc) is 3.14. The van der Waals surface area contributed by atoms with E-state index in [2.05, 4.69) is 9.71 Å². The van der Waals surface area contributed by atoms with Crippen molar-refractivity contribution in [1.82, 2.24) is 5.32 Å². The molecule has 1 aliphatic rings. The van der Waals surface area contributed by atoms with Crippen LogP contribution >= 0.6 is 11.8 Å². The van der Waals surface area contributed by atoms with Crippen LogP contribution in [-0.4, -0.2) is 19.5 Å². The van der Waals surface area contributed by atoms with E-state index >= 15 is 0 Å². The number of amides is 1. The highest BCUT2D eigenvalue weighted by Gasteiger charge is 2.27. The van der Waals surface area contributed by atoms with Gasteiger partial charge < -0.3 is 10.2 Å². The molecule has 0 spiro atoms. The Kier molecular flexibility index (Phi) is 4.69. The molecule has 0 bridgehead atoms. The highest BCUT2D eigenvalue weighted by atomic mass is 32.2. The summed E-state index contributed by atoms with van der Waals surface area (Å²) >= 11 is 0.928. The van der Waals surface area contributed by atoms with Crippen molar-refractivity contribution in [2.45, 2.75) is 18.2 Å². The number of hydrogen-bond donors (Lipinski definition) is 2. The number of thioether (sulfide) groups is 1. The van der Waals surface area contributed by atoms with E-state index in [4.69, 9.17) is 10.2 Å². The molecular weight excluding hydrogens is 362 g/mol. The Hall–Kier alpha value is -2.52. The summed E-state index contributed by atoms with van der Waals surface area (Å²) in [6, 6.07) is 9.58. The number of aryl methyl sites for hydroxylation is 1. The van der Waals surface area contributed by atoms with Crippen LogP contribution in [0.5, 0.6) is 0 Å².